The second-order valence-electron chi connectivity index (χ2n) is 4.24. The second kappa shape index (κ2) is 5.73. The maximum absolute atomic E-state index is 13.1. The molecule has 0 amide bonds. The number of nitriles is 1. The molecule has 19 heavy (non-hydrogen) atoms. The first-order valence-electron chi connectivity index (χ1n) is 5.78. The monoisotopic (exact) mass is 274 g/mol. The number of rotatable bonds is 3. The molecule has 0 fully saturated rings. The lowest BCUT2D eigenvalue weighted by Gasteiger charge is -2.08. The van der Waals surface area contributed by atoms with Crippen LogP contribution in [-0.4, -0.2) is 0 Å². The zero-order chi connectivity index (χ0) is 13.8. The van der Waals surface area contributed by atoms with Gasteiger partial charge in [0.2, 0.25) is 0 Å². The van der Waals surface area contributed by atoms with Crippen molar-refractivity contribution in [3.05, 3.63) is 63.9 Å². The van der Waals surface area contributed by atoms with Gasteiger partial charge in [-0.15, -0.1) is 0 Å². The van der Waals surface area contributed by atoms with Crippen LogP contribution in [0.2, 0.25) is 5.02 Å². The molecule has 0 atom stereocenters. The molecule has 0 bridgehead atoms. The molecule has 0 unspecified atom stereocenters. The van der Waals surface area contributed by atoms with Gasteiger partial charge >= 0.3 is 0 Å². The van der Waals surface area contributed by atoms with Crippen LogP contribution in [0.1, 0.15) is 16.7 Å². The van der Waals surface area contributed by atoms with Crippen LogP contribution in [0.4, 0.5) is 10.1 Å². The maximum Gasteiger partial charge on any atom is 0.126 e. The van der Waals surface area contributed by atoms with Crippen molar-refractivity contribution in [3.63, 3.8) is 0 Å². The SMILES string of the molecule is Cc1cc(CNc2ccc(Cl)c(C#N)c2)ccc1F. The van der Waals surface area contributed by atoms with Crippen LogP contribution in [0.25, 0.3) is 0 Å². The number of aryl methyl sites for hydroxylation is 1. The van der Waals surface area contributed by atoms with Crippen molar-refractivity contribution in [2.45, 2.75) is 13.5 Å². The smallest absolute Gasteiger partial charge is 0.126 e. The summed E-state index contributed by atoms with van der Waals surface area (Å²) in [5.41, 5.74) is 2.84. The molecule has 0 saturated carbocycles. The molecule has 0 aliphatic rings. The molecule has 2 aromatic rings. The maximum atomic E-state index is 13.1. The lowest BCUT2D eigenvalue weighted by Crippen LogP contribution is -2.00. The quantitative estimate of drug-likeness (QED) is 0.907. The van der Waals surface area contributed by atoms with Gasteiger partial charge in [0.25, 0.3) is 0 Å². The van der Waals surface area contributed by atoms with E-state index in [-0.39, 0.29) is 5.82 Å². The topological polar surface area (TPSA) is 35.8 Å². The highest BCUT2D eigenvalue weighted by Gasteiger charge is 2.02. The molecular weight excluding hydrogens is 263 g/mol. The molecule has 0 spiro atoms. The Hall–Kier alpha value is -2.05. The third-order valence-corrected chi connectivity index (χ3v) is 3.14. The van der Waals surface area contributed by atoms with E-state index in [9.17, 15) is 4.39 Å². The third-order valence-electron chi connectivity index (χ3n) is 2.81. The van der Waals surface area contributed by atoms with E-state index < -0.39 is 0 Å². The van der Waals surface area contributed by atoms with Crippen LogP contribution >= 0.6 is 11.6 Å². The molecule has 2 rings (SSSR count). The average molecular weight is 275 g/mol. The van der Waals surface area contributed by atoms with Gasteiger partial charge in [-0.2, -0.15) is 5.26 Å². The molecule has 1 N–H and O–H groups in total. The normalized spacial score (nSPS) is 10.0. The molecule has 4 heteroatoms. The van der Waals surface area contributed by atoms with Gasteiger partial charge in [0, 0.05) is 12.2 Å². The van der Waals surface area contributed by atoms with E-state index >= 15 is 0 Å². The van der Waals surface area contributed by atoms with Crippen LogP contribution in [0.15, 0.2) is 36.4 Å². The summed E-state index contributed by atoms with van der Waals surface area (Å²) in [5.74, 6) is -0.206. The van der Waals surface area contributed by atoms with Crippen molar-refractivity contribution in [2.75, 3.05) is 5.32 Å². The number of nitrogens with zero attached hydrogens (tertiary/aromatic N) is 1. The molecule has 0 saturated heterocycles. The van der Waals surface area contributed by atoms with Gasteiger partial charge in [-0.25, -0.2) is 4.39 Å². The van der Waals surface area contributed by atoms with Gasteiger partial charge in [0.05, 0.1) is 10.6 Å². The minimum absolute atomic E-state index is 0.206. The number of benzene rings is 2. The highest BCUT2D eigenvalue weighted by Crippen LogP contribution is 2.20. The number of halogens is 2. The Kier molecular flexibility index (Phi) is 4.03. The van der Waals surface area contributed by atoms with E-state index in [0.29, 0.717) is 22.7 Å². The van der Waals surface area contributed by atoms with Crippen LogP contribution in [0.5, 0.6) is 0 Å². The zero-order valence-electron chi connectivity index (χ0n) is 10.4. The lowest BCUT2D eigenvalue weighted by molar-refractivity contribution is 0.617. The summed E-state index contributed by atoms with van der Waals surface area (Å²) in [6.45, 7) is 2.29. The van der Waals surface area contributed by atoms with Gasteiger partial charge in [0.1, 0.15) is 11.9 Å². The molecule has 96 valence electrons. The van der Waals surface area contributed by atoms with Gasteiger partial charge in [0.15, 0.2) is 0 Å². The van der Waals surface area contributed by atoms with Crippen molar-refractivity contribution < 1.29 is 4.39 Å². The van der Waals surface area contributed by atoms with Gasteiger partial charge in [-0.1, -0.05) is 23.7 Å². The Morgan fingerprint density at radius 2 is 2.05 bits per heavy atom. The van der Waals surface area contributed by atoms with Crippen molar-refractivity contribution in [1.82, 2.24) is 0 Å². The summed E-state index contributed by atoms with van der Waals surface area (Å²) in [7, 11) is 0. The first-order valence-corrected chi connectivity index (χ1v) is 6.16. The van der Waals surface area contributed by atoms with Gasteiger partial charge in [-0.3, -0.25) is 0 Å². The standard InChI is InChI=1S/C15H12ClFN2/c1-10-6-11(2-5-15(10)17)9-19-13-3-4-14(16)12(7-13)8-18/h2-7,19H,9H2,1H3. The van der Waals surface area contributed by atoms with Crippen molar-refractivity contribution in [3.8, 4) is 6.07 Å². The average Bonchev–Trinajstić information content (AvgIpc) is 2.41. The Bertz CT molecular complexity index is 647. The fraction of sp³-hybridized carbons (Fsp3) is 0.133. The van der Waals surface area contributed by atoms with Crippen LogP contribution in [0.3, 0.4) is 0 Å². The molecule has 0 radical (unpaired) electrons. The first-order chi connectivity index (χ1) is 9.10. The molecule has 0 aromatic heterocycles. The minimum atomic E-state index is -0.206. The summed E-state index contributed by atoms with van der Waals surface area (Å²) in [5, 5.41) is 12.5. The number of nitrogens with one attached hydrogen (secondary N) is 1. The van der Waals surface area contributed by atoms with Crippen LogP contribution < -0.4 is 5.32 Å². The van der Waals surface area contributed by atoms with E-state index in [4.69, 9.17) is 16.9 Å². The minimum Gasteiger partial charge on any atom is -0.381 e. The Balaban J connectivity index is 2.10. The predicted molar refractivity (Wildman–Crippen MR) is 74.6 cm³/mol. The van der Waals surface area contributed by atoms with Crippen LogP contribution in [-0.2, 0) is 6.54 Å². The molecule has 0 heterocycles. The van der Waals surface area contributed by atoms with Gasteiger partial charge in [-0.05, 0) is 42.3 Å². The largest absolute Gasteiger partial charge is 0.381 e. The number of hydrogen-bond donors (Lipinski definition) is 1. The van der Waals surface area contributed by atoms with Crippen molar-refractivity contribution in [1.29, 1.82) is 5.26 Å². The number of hydrogen-bond acceptors (Lipinski definition) is 2. The van der Waals surface area contributed by atoms with Crippen molar-refractivity contribution >= 4 is 17.3 Å². The Morgan fingerprint density at radius 3 is 2.74 bits per heavy atom. The lowest BCUT2D eigenvalue weighted by atomic mass is 10.1. The molecule has 0 aliphatic heterocycles. The highest BCUT2D eigenvalue weighted by atomic mass is 35.5. The first kappa shape index (κ1) is 13.4. The Labute approximate surface area is 116 Å². The Morgan fingerprint density at radius 1 is 1.26 bits per heavy atom. The molecule has 2 nitrogen and oxygen atoms in total. The van der Waals surface area contributed by atoms with E-state index in [1.807, 2.05) is 6.07 Å². The molecule has 0 aliphatic carbocycles. The zero-order valence-corrected chi connectivity index (χ0v) is 11.1. The van der Waals surface area contributed by atoms with Gasteiger partial charge < -0.3 is 5.32 Å². The van der Waals surface area contributed by atoms with E-state index in [0.717, 1.165) is 11.3 Å². The summed E-state index contributed by atoms with van der Waals surface area (Å²) in [6.07, 6.45) is 0. The summed E-state index contributed by atoms with van der Waals surface area (Å²) in [4.78, 5) is 0. The molecule has 2 aromatic carbocycles. The highest BCUT2D eigenvalue weighted by molar-refractivity contribution is 6.31. The van der Waals surface area contributed by atoms with E-state index in [2.05, 4.69) is 5.32 Å². The predicted octanol–water partition coefficient (Wildman–Crippen LogP) is 4.27. The van der Waals surface area contributed by atoms with Crippen LogP contribution in [0, 0.1) is 24.1 Å². The fourth-order valence-corrected chi connectivity index (χ4v) is 1.90. The van der Waals surface area contributed by atoms with E-state index in [1.54, 1.807) is 37.3 Å². The summed E-state index contributed by atoms with van der Waals surface area (Å²) >= 11 is 5.86. The molecular formula is C15H12ClFN2. The van der Waals surface area contributed by atoms with E-state index in [1.165, 1.54) is 6.07 Å². The summed E-state index contributed by atoms with van der Waals surface area (Å²) in [6, 6.07) is 12.2. The fourth-order valence-electron chi connectivity index (χ4n) is 1.74. The third kappa shape index (κ3) is 3.24. The summed E-state index contributed by atoms with van der Waals surface area (Å²) < 4.78 is 13.1. The van der Waals surface area contributed by atoms with Crippen molar-refractivity contribution in [2.24, 2.45) is 0 Å². The second-order valence-corrected chi connectivity index (χ2v) is 4.65. The number of anilines is 1.